The van der Waals surface area contributed by atoms with Crippen LogP contribution in [0.5, 0.6) is 0 Å². The largest absolute Gasteiger partial charge is 0.596 e. The molecule has 1 aromatic carbocycles. The first-order chi connectivity index (χ1) is 10.2. The van der Waals surface area contributed by atoms with Gasteiger partial charge in [0, 0.05) is 6.61 Å². The highest BCUT2D eigenvalue weighted by molar-refractivity contribution is 5.77. The van der Waals surface area contributed by atoms with Gasteiger partial charge in [-0.2, -0.15) is 0 Å². The van der Waals surface area contributed by atoms with E-state index in [0.29, 0.717) is 0 Å². The van der Waals surface area contributed by atoms with Crippen LogP contribution in [0.2, 0.25) is 0 Å². The fourth-order valence-corrected chi connectivity index (χ4v) is 2.68. The second-order valence-corrected chi connectivity index (χ2v) is 5.35. The van der Waals surface area contributed by atoms with Crippen molar-refractivity contribution in [2.75, 3.05) is 0 Å². The average Bonchev–Trinajstić information content (AvgIpc) is 2.52. The number of benzene rings is 1. The van der Waals surface area contributed by atoms with Gasteiger partial charge in [-0.3, -0.25) is 4.99 Å². The molecule has 0 bridgehead atoms. The second-order valence-electron chi connectivity index (χ2n) is 5.35. The normalized spacial score (nSPS) is 18.2. The van der Waals surface area contributed by atoms with Crippen LogP contribution in [0.3, 0.4) is 0 Å². The van der Waals surface area contributed by atoms with E-state index in [1.165, 1.54) is 0 Å². The zero-order valence-electron chi connectivity index (χ0n) is 11.9. The minimum Gasteiger partial charge on any atom is -0.596 e. The van der Waals surface area contributed by atoms with Crippen LogP contribution in [0.1, 0.15) is 37.7 Å². The maximum absolute atomic E-state index is 11.7. The second kappa shape index (κ2) is 7.67. The molecule has 0 amide bonds. The topological polar surface area (TPSA) is 82.0 Å². The molecule has 1 atom stereocenters. The highest BCUT2D eigenvalue weighted by atomic mass is 16.6. The van der Waals surface area contributed by atoms with Crippen LogP contribution in [0.4, 0.5) is 0 Å². The Kier molecular flexibility index (Phi) is 5.60. The van der Waals surface area contributed by atoms with Crippen molar-refractivity contribution in [2.24, 2.45) is 10.9 Å². The van der Waals surface area contributed by atoms with Crippen molar-refractivity contribution in [3.8, 4) is 0 Å². The molecule has 5 nitrogen and oxygen atoms in total. The molecule has 2 rings (SSSR count). The molecule has 1 aliphatic carbocycles. The van der Waals surface area contributed by atoms with Crippen LogP contribution in [0, 0.1) is 5.92 Å². The van der Waals surface area contributed by atoms with Crippen LogP contribution in [0.25, 0.3) is 0 Å². The summed E-state index contributed by atoms with van der Waals surface area (Å²) >= 11 is 0. The summed E-state index contributed by atoms with van der Waals surface area (Å²) in [5.74, 6) is -1.10. The van der Waals surface area contributed by atoms with Crippen molar-refractivity contribution in [1.82, 2.24) is 0 Å². The number of nitrogens with zero attached hydrogens (tertiary/aromatic N) is 1. The first-order valence-electron chi connectivity index (χ1n) is 7.31. The quantitative estimate of drug-likeness (QED) is 0.664. The Hall–Kier alpha value is -2.04. The summed E-state index contributed by atoms with van der Waals surface area (Å²) in [6.07, 6.45) is 3.96. The van der Waals surface area contributed by atoms with E-state index in [-0.39, 0.29) is 12.5 Å². The number of aliphatic carboxylic acids is 1. The molecule has 21 heavy (non-hydrogen) atoms. The number of hydrogen-bond acceptors (Lipinski definition) is 4. The molecule has 0 saturated heterocycles. The van der Waals surface area contributed by atoms with Gasteiger partial charge in [0.1, 0.15) is 6.08 Å². The summed E-state index contributed by atoms with van der Waals surface area (Å²) in [6, 6.07) is 8.27. The highest BCUT2D eigenvalue weighted by Crippen LogP contribution is 2.28. The third kappa shape index (κ3) is 4.77. The lowest BCUT2D eigenvalue weighted by molar-refractivity contribution is -0.253. The van der Waals surface area contributed by atoms with Crippen molar-refractivity contribution in [3.05, 3.63) is 35.9 Å². The van der Waals surface area contributed by atoms with E-state index in [1.807, 2.05) is 30.3 Å². The Bertz CT molecular complexity index is 480. The number of carbonyl (C=O) groups is 1. The van der Waals surface area contributed by atoms with E-state index in [4.69, 9.17) is 4.74 Å². The third-order valence-corrected chi connectivity index (χ3v) is 3.80. The van der Waals surface area contributed by atoms with Crippen molar-refractivity contribution in [3.63, 3.8) is 0 Å². The molecular formula is C16H20NO4-. The molecule has 0 aromatic heterocycles. The predicted octanol–water partition coefficient (Wildman–Crippen LogP) is 1.95. The summed E-state index contributed by atoms with van der Waals surface area (Å²) in [5, 5.41) is 21.0. The van der Waals surface area contributed by atoms with Gasteiger partial charge in [0.15, 0.2) is 6.04 Å². The Balaban J connectivity index is 1.95. The maximum Gasteiger partial charge on any atom is 0.328 e. The number of rotatable bonds is 5. The Morgan fingerprint density at radius 2 is 1.95 bits per heavy atom. The zero-order valence-corrected chi connectivity index (χ0v) is 11.9. The molecule has 114 valence electrons. The molecule has 1 aliphatic rings. The van der Waals surface area contributed by atoms with Gasteiger partial charge in [0.2, 0.25) is 0 Å². The number of ether oxygens (including phenoxy) is 1. The first kappa shape index (κ1) is 15.4. The van der Waals surface area contributed by atoms with Crippen molar-refractivity contribution in [1.29, 1.82) is 0 Å². The Morgan fingerprint density at radius 1 is 1.29 bits per heavy atom. The summed E-state index contributed by atoms with van der Waals surface area (Å²) < 4.78 is 5.03. The van der Waals surface area contributed by atoms with E-state index < -0.39 is 18.1 Å². The van der Waals surface area contributed by atoms with E-state index in [9.17, 15) is 15.0 Å². The SMILES string of the molecule is O=C(O)[C@@H](N=C([O-])OCc1ccccc1)C1CCCCC1. The van der Waals surface area contributed by atoms with E-state index in [1.54, 1.807) is 0 Å². The van der Waals surface area contributed by atoms with Gasteiger partial charge in [-0.05, 0) is 24.3 Å². The monoisotopic (exact) mass is 290 g/mol. The standard InChI is InChI=1S/C16H21NO4/c18-15(19)14(13-9-5-2-6-10-13)17-16(20)21-11-12-7-3-1-4-8-12/h1,3-4,7-8,13-14H,2,5-6,9-11H2,(H,17,20)(H,18,19)/p-1/t14-/m0/s1. The molecule has 0 unspecified atom stereocenters. The van der Waals surface area contributed by atoms with Gasteiger partial charge >= 0.3 is 5.97 Å². The number of aliphatic imine (C=N–C) groups is 1. The summed E-state index contributed by atoms with van der Waals surface area (Å²) in [7, 11) is 0. The molecule has 0 spiro atoms. The van der Waals surface area contributed by atoms with Crippen LogP contribution >= 0.6 is 0 Å². The highest BCUT2D eigenvalue weighted by Gasteiger charge is 2.28. The molecular weight excluding hydrogens is 270 g/mol. The Labute approximate surface area is 124 Å². The zero-order chi connectivity index (χ0) is 15.1. The van der Waals surface area contributed by atoms with Gasteiger partial charge < -0.3 is 14.9 Å². The minimum absolute atomic E-state index is 0.0551. The molecule has 1 aromatic rings. The van der Waals surface area contributed by atoms with E-state index >= 15 is 0 Å². The van der Waals surface area contributed by atoms with Gasteiger partial charge in [-0.25, -0.2) is 4.79 Å². The van der Waals surface area contributed by atoms with Crippen LogP contribution in [-0.2, 0) is 16.1 Å². The minimum atomic E-state index is -1.04. The maximum atomic E-state index is 11.7. The fourth-order valence-electron chi connectivity index (χ4n) is 2.68. The summed E-state index contributed by atoms with van der Waals surface area (Å²) in [6.45, 7) is 0.111. The lowest BCUT2D eigenvalue weighted by atomic mass is 9.84. The molecule has 0 radical (unpaired) electrons. The Morgan fingerprint density at radius 3 is 2.57 bits per heavy atom. The van der Waals surface area contributed by atoms with Gasteiger partial charge in [0.05, 0.1) is 0 Å². The van der Waals surface area contributed by atoms with Crippen LogP contribution < -0.4 is 5.11 Å². The van der Waals surface area contributed by atoms with Crippen LogP contribution in [0.15, 0.2) is 35.3 Å². The first-order valence-corrected chi connectivity index (χ1v) is 7.31. The number of carboxylic acid groups (broad SMARTS) is 1. The van der Waals surface area contributed by atoms with E-state index in [2.05, 4.69) is 4.99 Å². The van der Waals surface area contributed by atoms with Crippen LogP contribution in [-0.4, -0.2) is 23.2 Å². The van der Waals surface area contributed by atoms with Crippen molar-refractivity contribution in [2.45, 2.75) is 44.8 Å². The van der Waals surface area contributed by atoms with Gasteiger partial charge in [0.25, 0.3) is 0 Å². The predicted molar refractivity (Wildman–Crippen MR) is 76.7 cm³/mol. The van der Waals surface area contributed by atoms with E-state index in [0.717, 1.165) is 37.7 Å². The third-order valence-electron chi connectivity index (χ3n) is 3.80. The van der Waals surface area contributed by atoms with Crippen molar-refractivity contribution < 1.29 is 19.7 Å². The lowest BCUT2D eigenvalue weighted by Gasteiger charge is -2.26. The summed E-state index contributed by atoms with van der Waals surface area (Å²) in [5.41, 5.74) is 0.852. The average molecular weight is 290 g/mol. The smallest absolute Gasteiger partial charge is 0.328 e. The molecule has 1 N–H and O–H groups in total. The van der Waals surface area contributed by atoms with Crippen molar-refractivity contribution >= 4 is 12.1 Å². The van der Waals surface area contributed by atoms with Gasteiger partial charge in [-0.15, -0.1) is 0 Å². The molecule has 0 aliphatic heterocycles. The molecule has 5 heteroatoms. The fraction of sp³-hybridized carbons (Fsp3) is 0.500. The molecule has 1 fully saturated rings. The summed E-state index contributed by atoms with van der Waals surface area (Å²) in [4.78, 5) is 15.1. The number of hydrogen-bond donors (Lipinski definition) is 1. The lowest BCUT2D eigenvalue weighted by Crippen LogP contribution is -2.33. The van der Waals surface area contributed by atoms with Gasteiger partial charge in [-0.1, -0.05) is 49.6 Å². The number of carboxylic acids is 1. The molecule has 0 heterocycles. The molecule has 1 saturated carbocycles.